The summed E-state index contributed by atoms with van der Waals surface area (Å²) < 4.78 is 31.6. The van der Waals surface area contributed by atoms with Crippen LogP contribution in [0.3, 0.4) is 0 Å². The zero-order chi connectivity index (χ0) is 14.2. The van der Waals surface area contributed by atoms with Crippen molar-refractivity contribution in [3.05, 3.63) is 28.8 Å². The number of amides is 1. The van der Waals surface area contributed by atoms with Crippen LogP contribution in [-0.2, 0) is 9.53 Å². The van der Waals surface area contributed by atoms with Crippen molar-refractivity contribution in [1.29, 1.82) is 0 Å². The molecular weight excluding hydrogens is 278 g/mol. The van der Waals surface area contributed by atoms with Crippen LogP contribution in [0.5, 0.6) is 0 Å². The van der Waals surface area contributed by atoms with Gasteiger partial charge in [0, 0.05) is 12.1 Å². The molecule has 0 bridgehead atoms. The molecule has 1 aromatic carbocycles. The number of carbonyl (C=O) groups excluding carboxylic acids is 1. The Hall–Kier alpha value is -1.24. The Morgan fingerprint density at radius 1 is 1.58 bits per heavy atom. The Kier molecular flexibility index (Phi) is 3.75. The molecule has 104 valence electrons. The molecule has 0 radical (unpaired) electrons. The third-order valence-electron chi connectivity index (χ3n) is 3.28. The Labute approximate surface area is 113 Å². The van der Waals surface area contributed by atoms with Gasteiger partial charge in [0.15, 0.2) is 5.82 Å². The van der Waals surface area contributed by atoms with E-state index in [2.05, 4.69) is 5.32 Å². The van der Waals surface area contributed by atoms with Crippen LogP contribution in [0, 0.1) is 17.0 Å². The van der Waals surface area contributed by atoms with Gasteiger partial charge in [-0.3, -0.25) is 4.79 Å². The van der Waals surface area contributed by atoms with Gasteiger partial charge in [0.1, 0.15) is 5.82 Å². The number of hydrogen-bond donors (Lipinski definition) is 2. The van der Waals surface area contributed by atoms with E-state index in [9.17, 15) is 13.6 Å². The van der Waals surface area contributed by atoms with Gasteiger partial charge in [-0.05, 0) is 13.0 Å². The molecule has 1 aliphatic heterocycles. The first kappa shape index (κ1) is 14.2. The van der Waals surface area contributed by atoms with Gasteiger partial charge in [-0.2, -0.15) is 0 Å². The minimum atomic E-state index is -0.968. The highest BCUT2D eigenvalue weighted by Crippen LogP contribution is 2.32. The molecule has 19 heavy (non-hydrogen) atoms. The minimum absolute atomic E-state index is 0.139. The number of rotatable bonds is 2. The van der Waals surface area contributed by atoms with Crippen LogP contribution in [0.25, 0.3) is 0 Å². The first-order valence-corrected chi connectivity index (χ1v) is 6.01. The van der Waals surface area contributed by atoms with Gasteiger partial charge in [0.25, 0.3) is 0 Å². The number of nitrogens with two attached hydrogens (primary N) is 1. The third-order valence-corrected chi connectivity index (χ3v) is 3.58. The Bertz CT molecular complexity index is 503. The van der Waals surface area contributed by atoms with Crippen LogP contribution in [0.1, 0.15) is 6.92 Å². The van der Waals surface area contributed by atoms with Crippen molar-refractivity contribution < 1.29 is 18.3 Å². The summed E-state index contributed by atoms with van der Waals surface area (Å²) in [5.41, 5.74) is 4.57. The number of ether oxygens (including phenoxy) is 1. The van der Waals surface area contributed by atoms with Crippen LogP contribution >= 0.6 is 11.6 Å². The van der Waals surface area contributed by atoms with E-state index in [1.165, 1.54) is 0 Å². The Morgan fingerprint density at radius 3 is 2.79 bits per heavy atom. The van der Waals surface area contributed by atoms with E-state index >= 15 is 0 Å². The van der Waals surface area contributed by atoms with Crippen molar-refractivity contribution in [2.45, 2.75) is 13.0 Å². The number of anilines is 1. The summed E-state index contributed by atoms with van der Waals surface area (Å²) >= 11 is 5.71. The zero-order valence-corrected chi connectivity index (χ0v) is 10.9. The van der Waals surface area contributed by atoms with Crippen molar-refractivity contribution in [1.82, 2.24) is 0 Å². The summed E-state index contributed by atoms with van der Waals surface area (Å²) in [7, 11) is 0. The third kappa shape index (κ3) is 2.56. The monoisotopic (exact) mass is 290 g/mol. The highest BCUT2D eigenvalue weighted by molar-refractivity contribution is 6.33. The second kappa shape index (κ2) is 5.03. The van der Waals surface area contributed by atoms with E-state index in [0.29, 0.717) is 6.07 Å². The maximum absolute atomic E-state index is 13.6. The molecule has 1 aromatic rings. The van der Waals surface area contributed by atoms with E-state index in [1.54, 1.807) is 6.92 Å². The number of benzene rings is 1. The predicted molar refractivity (Wildman–Crippen MR) is 66.9 cm³/mol. The highest BCUT2D eigenvalue weighted by Gasteiger charge is 2.44. The fourth-order valence-electron chi connectivity index (χ4n) is 1.84. The molecule has 2 rings (SSSR count). The van der Waals surface area contributed by atoms with Crippen LogP contribution in [0.15, 0.2) is 12.1 Å². The molecule has 3 N–H and O–H groups in total. The molecule has 0 spiro atoms. The van der Waals surface area contributed by atoms with Crippen molar-refractivity contribution in [2.75, 3.05) is 18.5 Å². The van der Waals surface area contributed by atoms with Crippen molar-refractivity contribution in [2.24, 2.45) is 11.1 Å². The van der Waals surface area contributed by atoms with Gasteiger partial charge in [0.2, 0.25) is 5.91 Å². The molecule has 1 saturated heterocycles. The molecule has 2 atom stereocenters. The molecular formula is C12H13ClF2N2O2. The molecule has 0 saturated carbocycles. The van der Waals surface area contributed by atoms with Crippen LogP contribution in [0.2, 0.25) is 5.02 Å². The van der Waals surface area contributed by atoms with Gasteiger partial charge in [-0.1, -0.05) is 11.6 Å². The fraction of sp³-hybridized carbons (Fsp3) is 0.417. The zero-order valence-electron chi connectivity index (χ0n) is 10.2. The molecule has 1 amide bonds. The molecule has 0 aromatic heterocycles. The summed E-state index contributed by atoms with van der Waals surface area (Å²) in [4.78, 5) is 12.1. The number of nitrogens with one attached hydrogen (secondary N) is 1. The Morgan fingerprint density at radius 2 is 2.26 bits per heavy atom. The van der Waals surface area contributed by atoms with E-state index in [1.807, 2.05) is 0 Å². The summed E-state index contributed by atoms with van der Waals surface area (Å²) in [6.07, 6.45) is 0. The maximum atomic E-state index is 13.6. The molecule has 1 fully saturated rings. The largest absolute Gasteiger partial charge is 0.379 e. The average molecular weight is 291 g/mol. The first-order valence-electron chi connectivity index (χ1n) is 5.64. The van der Waals surface area contributed by atoms with Gasteiger partial charge in [-0.25, -0.2) is 8.78 Å². The lowest BCUT2D eigenvalue weighted by Crippen LogP contribution is -2.47. The van der Waals surface area contributed by atoms with Gasteiger partial charge in [0.05, 0.1) is 29.3 Å². The summed E-state index contributed by atoms with van der Waals surface area (Å²) in [5.74, 6) is -2.26. The standard InChI is InChI=1S/C12H13ClF2N2O2/c1-12(5-19-4-9(12)16)11(18)17-10-7(13)2-6(14)3-8(10)15/h2-3,9H,4-5,16H2,1H3,(H,17,18). The van der Waals surface area contributed by atoms with Crippen LogP contribution < -0.4 is 11.1 Å². The van der Waals surface area contributed by atoms with Crippen molar-refractivity contribution >= 4 is 23.2 Å². The van der Waals surface area contributed by atoms with Crippen molar-refractivity contribution in [3.63, 3.8) is 0 Å². The molecule has 4 nitrogen and oxygen atoms in total. The molecule has 0 aliphatic carbocycles. The number of halogens is 3. The fourth-order valence-corrected chi connectivity index (χ4v) is 2.08. The highest BCUT2D eigenvalue weighted by atomic mass is 35.5. The molecule has 1 heterocycles. The van der Waals surface area contributed by atoms with Crippen LogP contribution in [-0.4, -0.2) is 25.2 Å². The quantitative estimate of drug-likeness (QED) is 0.874. The molecule has 2 unspecified atom stereocenters. The molecule has 1 aliphatic rings. The van der Waals surface area contributed by atoms with Gasteiger partial charge >= 0.3 is 0 Å². The average Bonchev–Trinajstić information content (AvgIpc) is 2.65. The van der Waals surface area contributed by atoms with Crippen LogP contribution in [0.4, 0.5) is 14.5 Å². The summed E-state index contributed by atoms with van der Waals surface area (Å²) in [6.45, 7) is 2.01. The van der Waals surface area contributed by atoms with E-state index in [-0.39, 0.29) is 23.9 Å². The van der Waals surface area contributed by atoms with Gasteiger partial charge in [-0.15, -0.1) is 0 Å². The first-order chi connectivity index (χ1) is 8.84. The Balaban J connectivity index is 2.25. The SMILES string of the molecule is CC1(C(=O)Nc2c(F)cc(F)cc2Cl)COCC1N. The smallest absolute Gasteiger partial charge is 0.234 e. The summed E-state index contributed by atoms with van der Waals surface area (Å²) in [6, 6.07) is 1.08. The van der Waals surface area contributed by atoms with E-state index < -0.39 is 29.0 Å². The van der Waals surface area contributed by atoms with Gasteiger partial charge < -0.3 is 15.8 Å². The number of hydrogen-bond acceptors (Lipinski definition) is 3. The van der Waals surface area contributed by atoms with Crippen molar-refractivity contribution in [3.8, 4) is 0 Å². The molecule has 7 heteroatoms. The lowest BCUT2D eigenvalue weighted by Gasteiger charge is -2.25. The topological polar surface area (TPSA) is 64.3 Å². The lowest BCUT2D eigenvalue weighted by molar-refractivity contribution is -0.125. The maximum Gasteiger partial charge on any atom is 0.234 e. The lowest BCUT2D eigenvalue weighted by atomic mass is 9.85. The normalized spacial score (nSPS) is 26.5. The van der Waals surface area contributed by atoms with E-state index in [4.69, 9.17) is 22.1 Å². The second-order valence-electron chi connectivity index (χ2n) is 4.74. The summed E-state index contributed by atoms with van der Waals surface area (Å²) in [5, 5.41) is 2.14. The van der Waals surface area contributed by atoms with E-state index in [0.717, 1.165) is 6.07 Å². The predicted octanol–water partition coefficient (Wildman–Crippen LogP) is 1.92. The minimum Gasteiger partial charge on any atom is -0.379 e. The number of carbonyl (C=O) groups is 1. The second-order valence-corrected chi connectivity index (χ2v) is 5.14.